The number of nitrogens with one attached hydrogen (secondary N) is 1. The predicted molar refractivity (Wildman–Crippen MR) is 46.2 cm³/mol. The molecule has 0 spiro atoms. The number of aliphatic hydroxyl groups is 1. The molecule has 1 aliphatic rings. The highest BCUT2D eigenvalue weighted by atomic mass is 32.2. The van der Waals surface area contributed by atoms with Gasteiger partial charge in [0.25, 0.3) is 0 Å². The molecule has 12 heavy (non-hydrogen) atoms. The first-order chi connectivity index (χ1) is 5.42. The van der Waals surface area contributed by atoms with E-state index in [0.29, 0.717) is 12.8 Å². The van der Waals surface area contributed by atoms with Gasteiger partial charge in [-0.1, -0.05) is 0 Å². The van der Waals surface area contributed by atoms with Crippen molar-refractivity contribution in [3.63, 3.8) is 0 Å². The van der Waals surface area contributed by atoms with E-state index in [1.165, 1.54) is 0 Å². The molecule has 4 nitrogen and oxygen atoms in total. The summed E-state index contributed by atoms with van der Waals surface area (Å²) in [4.78, 5) is 0. The van der Waals surface area contributed by atoms with Crippen LogP contribution in [0.5, 0.6) is 0 Å². The van der Waals surface area contributed by atoms with Crippen molar-refractivity contribution in [1.29, 1.82) is 0 Å². The van der Waals surface area contributed by atoms with Gasteiger partial charge in [0.15, 0.2) is 0 Å². The molecule has 0 unspecified atom stereocenters. The van der Waals surface area contributed by atoms with Crippen molar-refractivity contribution >= 4 is 10.0 Å². The van der Waals surface area contributed by atoms with E-state index in [2.05, 4.69) is 4.72 Å². The lowest BCUT2D eigenvalue weighted by Gasteiger charge is -2.31. The van der Waals surface area contributed by atoms with Crippen molar-refractivity contribution in [3.8, 4) is 0 Å². The Hall–Kier alpha value is -0.130. The third-order valence-corrected chi connectivity index (χ3v) is 3.97. The van der Waals surface area contributed by atoms with Crippen molar-refractivity contribution in [3.05, 3.63) is 0 Å². The van der Waals surface area contributed by atoms with E-state index in [0.717, 1.165) is 0 Å². The fraction of sp³-hybridized carbons (Fsp3) is 1.00. The van der Waals surface area contributed by atoms with E-state index in [-0.39, 0.29) is 11.3 Å². The molecule has 0 aromatic rings. The molecular formula is C7H15NO3S. The van der Waals surface area contributed by atoms with Gasteiger partial charge in [-0.3, -0.25) is 0 Å². The average Bonchev–Trinajstić information content (AvgIpc) is 1.77. The molecule has 0 amide bonds. The normalized spacial score (nSPS) is 30.3. The number of hydrogen-bond acceptors (Lipinski definition) is 3. The molecule has 5 heteroatoms. The number of rotatable bonds is 3. The van der Waals surface area contributed by atoms with E-state index < -0.39 is 16.1 Å². The van der Waals surface area contributed by atoms with E-state index in [9.17, 15) is 8.42 Å². The van der Waals surface area contributed by atoms with Crippen LogP contribution in [0.4, 0.5) is 0 Å². The molecule has 0 radical (unpaired) electrons. The van der Waals surface area contributed by atoms with Gasteiger partial charge in [0.05, 0.1) is 11.4 Å². The van der Waals surface area contributed by atoms with Gasteiger partial charge in [0, 0.05) is 6.04 Å². The standard InChI is InChI=1S/C7H15NO3S/c1-5(2)8-12(10,11)7-3-6(9)4-7/h5-9H,3-4H2,1-2H3. The molecule has 0 heterocycles. The SMILES string of the molecule is CC(C)NS(=O)(=O)C1CC(O)C1. The lowest BCUT2D eigenvalue weighted by Crippen LogP contribution is -2.47. The Kier molecular flexibility index (Phi) is 2.75. The fourth-order valence-electron chi connectivity index (χ4n) is 1.22. The van der Waals surface area contributed by atoms with Gasteiger partial charge in [-0.05, 0) is 26.7 Å². The van der Waals surface area contributed by atoms with E-state index in [4.69, 9.17) is 5.11 Å². The lowest BCUT2D eigenvalue weighted by molar-refractivity contribution is 0.0972. The average molecular weight is 193 g/mol. The van der Waals surface area contributed by atoms with Crippen LogP contribution in [0.3, 0.4) is 0 Å². The monoisotopic (exact) mass is 193 g/mol. The molecule has 1 fully saturated rings. The van der Waals surface area contributed by atoms with E-state index in [1.54, 1.807) is 13.8 Å². The minimum atomic E-state index is -3.17. The molecule has 0 saturated heterocycles. The quantitative estimate of drug-likeness (QED) is 0.654. The Morgan fingerprint density at radius 2 is 1.92 bits per heavy atom. The highest BCUT2D eigenvalue weighted by Crippen LogP contribution is 2.26. The van der Waals surface area contributed by atoms with Crippen LogP contribution in [0, 0.1) is 0 Å². The summed E-state index contributed by atoms with van der Waals surface area (Å²) in [5.74, 6) is 0. The van der Waals surface area contributed by atoms with Crippen molar-refractivity contribution in [2.45, 2.75) is 44.1 Å². The van der Waals surface area contributed by atoms with Gasteiger partial charge in [0.1, 0.15) is 0 Å². The molecular weight excluding hydrogens is 178 g/mol. The Labute approximate surface area is 73.0 Å². The number of aliphatic hydroxyl groups excluding tert-OH is 1. The molecule has 0 aliphatic heterocycles. The van der Waals surface area contributed by atoms with Crippen LogP contribution in [-0.2, 0) is 10.0 Å². The van der Waals surface area contributed by atoms with Gasteiger partial charge in [-0.25, -0.2) is 13.1 Å². The van der Waals surface area contributed by atoms with Gasteiger partial charge < -0.3 is 5.11 Å². The summed E-state index contributed by atoms with van der Waals surface area (Å²) in [6.07, 6.45) is 0.336. The summed E-state index contributed by atoms with van der Waals surface area (Å²) in [6.45, 7) is 3.57. The minimum absolute atomic E-state index is 0.0623. The number of sulfonamides is 1. The van der Waals surface area contributed by atoms with Gasteiger partial charge in [0.2, 0.25) is 10.0 Å². The first-order valence-electron chi connectivity index (χ1n) is 4.11. The third-order valence-electron chi connectivity index (χ3n) is 1.91. The van der Waals surface area contributed by atoms with Crippen LogP contribution in [0.25, 0.3) is 0 Å². The molecule has 2 N–H and O–H groups in total. The zero-order chi connectivity index (χ0) is 9.35. The van der Waals surface area contributed by atoms with Gasteiger partial charge >= 0.3 is 0 Å². The summed E-state index contributed by atoms with van der Waals surface area (Å²) in [6, 6.07) is -0.0623. The predicted octanol–water partition coefficient (Wildman–Crippen LogP) is -0.163. The maximum absolute atomic E-state index is 11.3. The fourth-order valence-corrected chi connectivity index (χ4v) is 3.02. The number of hydrogen-bond donors (Lipinski definition) is 2. The molecule has 72 valence electrons. The highest BCUT2D eigenvalue weighted by molar-refractivity contribution is 7.90. The maximum atomic E-state index is 11.3. The molecule has 0 aromatic carbocycles. The molecule has 1 saturated carbocycles. The van der Waals surface area contributed by atoms with Crippen LogP contribution in [0.2, 0.25) is 0 Å². The Morgan fingerprint density at radius 1 is 1.42 bits per heavy atom. The summed E-state index contributed by atoms with van der Waals surface area (Å²) in [5, 5.41) is 8.54. The van der Waals surface area contributed by atoms with Crippen LogP contribution in [0.1, 0.15) is 26.7 Å². The van der Waals surface area contributed by atoms with Crippen LogP contribution in [-0.4, -0.2) is 30.9 Å². The molecule has 0 atom stereocenters. The van der Waals surface area contributed by atoms with Gasteiger partial charge in [-0.15, -0.1) is 0 Å². The van der Waals surface area contributed by atoms with Crippen molar-refractivity contribution in [2.24, 2.45) is 0 Å². The highest BCUT2D eigenvalue weighted by Gasteiger charge is 2.37. The van der Waals surface area contributed by atoms with Crippen LogP contribution >= 0.6 is 0 Å². The van der Waals surface area contributed by atoms with Gasteiger partial charge in [-0.2, -0.15) is 0 Å². The zero-order valence-electron chi connectivity index (χ0n) is 7.32. The van der Waals surface area contributed by atoms with E-state index in [1.807, 2.05) is 0 Å². The molecule has 1 rings (SSSR count). The van der Waals surface area contributed by atoms with E-state index >= 15 is 0 Å². The summed E-state index contributed by atoms with van der Waals surface area (Å²) < 4.78 is 25.2. The summed E-state index contributed by atoms with van der Waals surface area (Å²) in [7, 11) is -3.17. The topological polar surface area (TPSA) is 66.4 Å². The Balaban J connectivity index is 2.50. The second kappa shape index (κ2) is 3.32. The van der Waals surface area contributed by atoms with Crippen molar-refractivity contribution in [1.82, 2.24) is 4.72 Å². The largest absolute Gasteiger partial charge is 0.393 e. The minimum Gasteiger partial charge on any atom is -0.393 e. The smallest absolute Gasteiger partial charge is 0.214 e. The molecule has 0 aromatic heterocycles. The lowest BCUT2D eigenvalue weighted by atomic mass is 9.96. The Bertz CT molecular complexity index is 241. The summed E-state index contributed by atoms with van der Waals surface area (Å²) in [5.41, 5.74) is 0. The Morgan fingerprint density at radius 3 is 2.25 bits per heavy atom. The zero-order valence-corrected chi connectivity index (χ0v) is 8.13. The first-order valence-corrected chi connectivity index (χ1v) is 5.65. The molecule has 1 aliphatic carbocycles. The van der Waals surface area contributed by atoms with Crippen molar-refractivity contribution < 1.29 is 13.5 Å². The second-order valence-electron chi connectivity index (χ2n) is 3.56. The maximum Gasteiger partial charge on any atom is 0.214 e. The van der Waals surface area contributed by atoms with Crippen LogP contribution < -0.4 is 4.72 Å². The first kappa shape index (κ1) is 9.95. The second-order valence-corrected chi connectivity index (χ2v) is 5.56. The van der Waals surface area contributed by atoms with Crippen molar-refractivity contribution in [2.75, 3.05) is 0 Å². The summed E-state index contributed by atoms with van der Waals surface area (Å²) >= 11 is 0. The molecule has 0 bridgehead atoms. The third kappa shape index (κ3) is 2.18. The van der Waals surface area contributed by atoms with Crippen LogP contribution in [0.15, 0.2) is 0 Å².